The van der Waals surface area contributed by atoms with E-state index in [0.717, 1.165) is 93.8 Å². The summed E-state index contributed by atoms with van der Waals surface area (Å²) in [4.78, 5) is 10.5. The van der Waals surface area contributed by atoms with Gasteiger partial charge in [0.25, 0.3) is 0 Å². The Morgan fingerprint density at radius 1 is 0.344 bits per heavy atom. The summed E-state index contributed by atoms with van der Waals surface area (Å²) in [7, 11) is 0. The molecular weight excluding hydrogens is 745 g/mol. The molecule has 4 aromatic heterocycles. The molecule has 0 saturated heterocycles. The van der Waals surface area contributed by atoms with Gasteiger partial charge in [0.15, 0.2) is 0 Å². The molecule has 0 bridgehead atoms. The largest absolute Gasteiger partial charge is 0.456 e. The molecule has 5 heteroatoms. The lowest BCUT2D eigenvalue weighted by atomic mass is 9.96. The first-order valence-corrected chi connectivity index (χ1v) is 20.7. The maximum Gasteiger partial charge on any atom is 0.235 e. The summed E-state index contributed by atoms with van der Waals surface area (Å²) in [5, 5.41) is 7.98. The second-order valence-electron chi connectivity index (χ2n) is 15.8. The van der Waals surface area contributed by atoms with Crippen LogP contribution < -0.4 is 0 Å². The van der Waals surface area contributed by atoms with Gasteiger partial charge in [-0.05, 0) is 95.1 Å². The standard InChI is InChI=1S/C56H34N4O/c1-3-14-35(15-4-1)55-43-20-7-10-22-47(43)57-56(58-55)60-49-24-12-9-19-42(49)45-34-38(27-30-51(45)60)40-21-13-25-53-54(40)46-33-37(28-31-52(46)61-53)36-26-29-50-44(32-36)41-18-8-11-23-48(41)59(50)39-16-5-2-6-17-39/h1-34H. The number of fused-ring (bicyclic) bond motifs is 10. The van der Waals surface area contributed by atoms with Crippen LogP contribution in [0.2, 0.25) is 0 Å². The van der Waals surface area contributed by atoms with Crippen LogP contribution in [0.4, 0.5) is 0 Å². The van der Waals surface area contributed by atoms with Crippen LogP contribution in [0, 0.1) is 0 Å². The van der Waals surface area contributed by atoms with Crippen LogP contribution in [0.3, 0.4) is 0 Å². The Morgan fingerprint density at radius 2 is 0.918 bits per heavy atom. The predicted molar refractivity (Wildman–Crippen MR) is 252 cm³/mol. The number of benzene rings is 9. The summed E-state index contributed by atoms with van der Waals surface area (Å²) < 4.78 is 11.1. The van der Waals surface area contributed by atoms with Gasteiger partial charge in [-0.1, -0.05) is 133 Å². The lowest BCUT2D eigenvalue weighted by molar-refractivity contribution is 0.669. The van der Waals surface area contributed by atoms with Crippen molar-refractivity contribution in [3.63, 3.8) is 0 Å². The Bertz CT molecular complexity index is 3880. The summed E-state index contributed by atoms with van der Waals surface area (Å²) in [6.45, 7) is 0. The van der Waals surface area contributed by atoms with Crippen LogP contribution in [-0.4, -0.2) is 19.1 Å². The third-order valence-electron chi connectivity index (χ3n) is 12.3. The topological polar surface area (TPSA) is 48.8 Å². The maximum absolute atomic E-state index is 6.56. The van der Waals surface area contributed by atoms with Crippen molar-refractivity contribution < 1.29 is 4.42 Å². The highest BCUT2D eigenvalue weighted by atomic mass is 16.3. The van der Waals surface area contributed by atoms with Gasteiger partial charge in [-0.2, -0.15) is 0 Å². The normalized spacial score (nSPS) is 11.9. The zero-order chi connectivity index (χ0) is 40.0. The minimum absolute atomic E-state index is 0.648. The van der Waals surface area contributed by atoms with Gasteiger partial charge in [-0.25, -0.2) is 9.97 Å². The van der Waals surface area contributed by atoms with Gasteiger partial charge in [0.2, 0.25) is 5.95 Å². The van der Waals surface area contributed by atoms with Crippen LogP contribution in [0.5, 0.6) is 0 Å². The van der Waals surface area contributed by atoms with E-state index in [4.69, 9.17) is 14.4 Å². The zero-order valence-electron chi connectivity index (χ0n) is 32.8. The average Bonchev–Trinajstić information content (AvgIpc) is 3.99. The fraction of sp³-hybridized carbons (Fsp3) is 0. The maximum atomic E-state index is 6.56. The molecule has 0 spiro atoms. The first-order chi connectivity index (χ1) is 30.2. The highest BCUT2D eigenvalue weighted by Gasteiger charge is 2.20. The van der Waals surface area contributed by atoms with E-state index >= 15 is 0 Å². The van der Waals surface area contributed by atoms with Gasteiger partial charge >= 0.3 is 0 Å². The Kier molecular flexibility index (Phi) is 7.24. The predicted octanol–water partition coefficient (Wildman–Crippen LogP) is 14.7. The van der Waals surface area contributed by atoms with Gasteiger partial charge in [0, 0.05) is 49.0 Å². The summed E-state index contributed by atoms with van der Waals surface area (Å²) in [5.74, 6) is 0.648. The van der Waals surface area contributed by atoms with Gasteiger partial charge in [0.05, 0.1) is 33.3 Å². The van der Waals surface area contributed by atoms with E-state index in [9.17, 15) is 0 Å². The second kappa shape index (κ2) is 13.1. The Hall–Kier alpha value is -8.28. The highest BCUT2D eigenvalue weighted by molar-refractivity contribution is 6.16. The van der Waals surface area contributed by atoms with E-state index < -0.39 is 0 Å². The highest BCUT2D eigenvalue weighted by Crippen LogP contribution is 2.42. The van der Waals surface area contributed by atoms with Crippen LogP contribution in [0.1, 0.15) is 0 Å². The Labute approximate surface area is 350 Å². The van der Waals surface area contributed by atoms with E-state index in [1.165, 1.54) is 21.8 Å². The number of aromatic nitrogens is 4. The fourth-order valence-electron chi connectivity index (χ4n) is 9.59. The quantitative estimate of drug-likeness (QED) is 0.175. The van der Waals surface area contributed by atoms with Crippen molar-refractivity contribution in [2.45, 2.75) is 0 Å². The number of rotatable bonds is 5. The molecule has 13 aromatic rings. The Balaban J connectivity index is 0.974. The van der Waals surface area contributed by atoms with Gasteiger partial charge in [-0.15, -0.1) is 0 Å². The van der Waals surface area contributed by atoms with Crippen molar-refractivity contribution >= 4 is 76.5 Å². The minimum Gasteiger partial charge on any atom is -0.456 e. The summed E-state index contributed by atoms with van der Waals surface area (Å²) in [5.41, 5.74) is 14.8. The molecule has 0 saturated carbocycles. The number of nitrogens with zero attached hydrogens (tertiary/aromatic N) is 4. The van der Waals surface area contributed by atoms with E-state index in [-0.39, 0.29) is 0 Å². The van der Waals surface area contributed by atoms with Crippen LogP contribution in [0.15, 0.2) is 211 Å². The minimum atomic E-state index is 0.648. The first kappa shape index (κ1) is 33.7. The van der Waals surface area contributed by atoms with Crippen LogP contribution >= 0.6 is 0 Å². The molecule has 5 nitrogen and oxygen atoms in total. The molecule has 0 aliphatic carbocycles. The average molecular weight is 779 g/mol. The number of furan rings is 1. The fourth-order valence-corrected chi connectivity index (χ4v) is 9.59. The molecule has 0 N–H and O–H groups in total. The van der Waals surface area contributed by atoms with Gasteiger partial charge in [-0.3, -0.25) is 4.57 Å². The molecule has 4 heterocycles. The lowest BCUT2D eigenvalue weighted by Gasteiger charge is -2.12. The molecular formula is C56H34N4O. The molecule has 61 heavy (non-hydrogen) atoms. The first-order valence-electron chi connectivity index (χ1n) is 20.7. The molecule has 284 valence electrons. The molecule has 9 aromatic carbocycles. The van der Waals surface area contributed by atoms with Crippen LogP contribution in [0.25, 0.3) is 122 Å². The van der Waals surface area contributed by atoms with E-state index in [1.54, 1.807) is 0 Å². The molecule has 0 amide bonds. The van der Waals surface area contributed by atoms with Crippen molar-refractivity contribution in [2.24, 2.45) is 0 Å². The zero-order valence-corrected chi connectivity index (χ0v) is 32.8. The SMILES string of the molecule is c1ccc(-c2nc(-n3c4ccccc4c4cc(-c5cccc6oc7ccc(-c8ccc9c(c8)c8ccccc8n9-c8ccccc8)cc7c56)ccc43)nc3ccccc23)cc1. The molecule has 0 fully saturated rings. The summed E-state index contributed by atoms with van der Waals surface area (Å²) in [6, 6.07) is 73.1. The van der Waals surface area contributed by atoms with Gasteiger partial charge in [0.1, 0.15) is 11.2 Å². The molecule has 0 aliphatic heterocycles. The monoisotopic (exact) mass is 778 g/mol. The third kappa shape index (κ3) is 5.14. The lowest BCUT2D eigenvalue weighted by Crippen LogP contribution is -2.03. The van der Waals surface area contributed by atoms with Crippen molar-refractivity contribution in [1.29, 1.82) is 0 Å². The second-order valence-corrected chi connectivity index (χ2v) is 15.8. The summed E-state index contributed by atoms with van der Waals surface area (Å²) >= 11 is 0. The summed E-state index contributed by atoms with van der Waals surface area (Å²) in [6.07, 6.45) is 0. The molecule has 13 rings (SSSR count). The number of hydrogen-bond donors (Lipinski definition) is 0. The van der Waals surface area contributed by atoms with Crippen molar-refractivity contribution in [3.8, 4) is 45.1 Å². The van der Waals surface area contributed by atoms with E-state index in [2.05, 4.69) is 203 Å². The number of hydrogen-bond acceptors (Lipinski definition) is 3. The molecule has 0 unspecified atom stereocenters. The smallest absolute Gasteiger partial charge is 0.235 e. The molecule has 0 radical (unpaired) electrons. The van der Waals surface area contributed by atoms with Crippen LogP contribution in [-0.2, 0) is 0 Å². The third-order valence-corrected chi connectivity index (χ3v) is 12.3. The Morgan fingerprint density at radius 3 is 1.69 bits per heavy atom. The van der Waals surface area contributed by atoms with Crippen molar-refractivity contribution in [1.82, 2.24) is 19.1 Å². The number of para-hydroxylation sites is 4. The molecule has 0 aliphatic rings. The van der Waals surface area contributed by atoms with E-state index in [1.807, 2.05) is 12.1 Å². The van der Waals surface area contributed by atoms with Crippen molar-refractivity contribution in [3.05, 3.63) is 206 Å². The van der Waals surface area contributed by atoms with Crippen molar-refractivity contribution in [2.75, 3.05) is 0 Å². The van der Waals surface area contributed by atoms with E-state index in [0.29, 0.717) is 5.95 Å². The van der Waals surface area contributed by atoms with Gasteiger partial charge < -0.3 is 8.98 Å². The molecule has 0 atom stereocenters.